The minimum absolute atomic E-state index is 0.110. The number of carbonyl (C=O) groups excluding carboxylic acids is 1. The van der Waals surface area contributed by atoms with E-state index in [9.17, 15) is 4.79 Å². The lowest BCUT2D eigenvalue weighted by atomic mass is 9.82. The third-order valence-corrected chi connectivity index (χ3v) is 3.70. The number of allylic oxidation sites excluding steroid dienone is 4. The molecule has 0 amide bonds. The van der Waals surface area contributed by atoms with Gasteiger partial charge in [0.25, 0.3) is 0 Å². The van der Waals surface area contributed by atoms with E-state index in [0.717, 1.165) is 35.4 Å². The van der Waals surface area contributed by atoms with Crippen LogP contribution in [-0.4, -0.2) is 6.29 Å². The second kappa shape index (κ2) is 5.33. The molecule has 0 bridgehead atoms. The number of benzene rings is 1. The van der Waals surface area contributed by atoms with Gasteiger partial charge >= 0.3 is 0 Å². The molecule has 1 aromatic carbocycles. The maximum Gasteiger partial charge on any atom is 0.146 e. The SMILES string of the molecule is Cc1ccc(C2=CC=C(C=O)C(c3ccccc3)C2)o1. The van der Waals surface area contributed by atoms with E-state index < -0.39 is 0 Å². The lowest BCUT2D eigenvalue weighted by Gasteiger charge is -2.21. The van der Waals surface area contributed by atoms with Crippen molar-refractivity contribution in [2.45, 2.75) is 19.3 Å². The predicted molar refractivity (Wildman–Crippen MR) is 79.4 cm³/mol. The number of carbonyl (C=O) groups is 1. The van der Waals surface area contributed by atoms with Crippen LogP contribution in [0.1, 0.15) is 29.4 Å². The van der Waals surface area contributed by atoms with E-state index in [1.54, 1.807) is 0 Å². The number of hydrogen-bond acceptors (Lipinski definition) is 2. The van der Waals surface area contributed by atoms with Crippen LogP contribution < -0.4 is 0 Å². The summed E-state index contributed by atoms with van der Waals surface area (Å²) in [7, 11) is 0. The van der Waals surface area contributed by atoms with Gasteiger partial charge in [0.1, 0.15) is 17.8 Å². The van der Waals surface area contributed by atoms with E-state index in [0.29, 0.717) is 0 Å². The maximum absolute atomic E-state index is 11.3. The van der Waals surface area contributed by atoms with Crippen molar-refractivity contribution in [2.75, 3.05) is 0 Å². The average Bonchev–Trinajstić information content (AvgIpc) is 2.94. The smallest absolute Gasteiger partial charge is 0.146 e. The van der Waals surface area contributed by atoms with Crippen molar-refractivity contribution in [3.8, 4) is 0 Å². The Kier molecular flexibility index (Phi) is 3.38. The van der Waals surface area contributed by atoms with Gasteiger partial charge < -0.3 is 4.42 Å². The molecule has 1 heterocycles. The molecule has 0 aliphatic heterocycles. The predicted octanol–water partition coefficient (Wildman–Crippen LogP) is 4.28. The van der Waals surface area contributed by atoms with Crippen molar-refractivity contribution in [3.05, 3.63) is 77.3 Å². The summed E-state index contributed by atoms with van der Waals surface area (Å²) in [6, 6.07) is 14.1. The minimum Gasteiger partial charge on any atom is -0.462 e. The van der Waals surface area contributed by atoms with Gasteiger partial charge in [-0.1, -0.05) is 42.5 Å². The zero-order valence-electron chi connectivity index (χ0n) is 11.4. The first-order chi connectivity index (χ1) is 9.78. The van der Waals surface area contributed by atoms with Crippen LogP contribution in [-0.2, 0) is 4.79 Å². The first kappa shape index (κ1) is 12.7. The van der Waals surface area contributed by atoms with E-state index >= 15 is 0 Å². The third kappa shape index (κ3) is 2.37. The topological polar surface area (TPSA) is 30.2 Å². The highest BCUT2D eigenvalue weighted by atomic mass is 16.3. The lowest BCUT2D eigenvalue weighted by Crippen LogP contribution is -2.08. The molecule has 0 saturated carbocycles. The van der Waals surface area contributed by atoms with Crippen LogP contribution in [0.25, 0.3) is 5.57 Å². The third-order valence-electron chi connectivity index (χ3n) is 3.70. The van der Waals surface area contributed by atoms with Crippen molar-refractivity contribution in [1.82, 2.24) is 0 Å². The molecule has 3 rings (SSSR count). The highest BCUT2D eigenvalue weighted by Crippen LogP contribution is 2.37. The Balaban J connectivity index is 1.96. The van der Waals surface area contributed by atoms with Crippen LogP contribution in [0.5, 0.6) is 0 Å². The fourth-order valence-corrected chi connectivity index (χ4v) is 2.63. The largest absolute Gasteiger partial charge is 0.462 e. The number of aryl methyl sites for hydroxylation is 1. The fraction of sp³-hybridized carbons (Fsp3) is 0.167. The summed E-state index contributed by atoms with van der Waals surface area (Å²) < 4.78 is 5.69. The van der Waals surface area contributed by atoms with Crippen molar-refractivity contribution < 1.29 is 9.21 Å². The zero-order chi connectivity index (χ0) is 13.9. The van der Waals surface area contributed by atoms with Crippen molar-refractivity contribution in [3.63, 3.8) is 0 Å². The van der Waals surface area contributed by atoms with Crippen LogP contribution in [0, 0.1) is 6.92 Å². The van der Waals surface area contributed by atoms with Gasteiger partial charge in [-0.25, -0.2) is 0 Å². The quantitative estimate of drug-likeness (QED) is 0.774. The summed E-state index contributed by atoms with van der Waals surface area (Å²) in [6.07, 6.45) is 5.64. The summed E-state index contributed by atoms with van der Waals surface area (Å²) in [5.41, 5.74) is 3.13. The van der Waals surface area contributed by atoms with E-state index in [-0.39, 0.29) is 5.92 Å². The van der Waals surface area contributed by atoms with Crippen molar-refractivity contribution >= 4 is 11.9 Å². The molecule has 1 atom stereocenters. The molecule has 1 aliphatic rings. The number of furan rings is 1. The number of hydrogen-bond donors (Lipinski definition) is 0. The van der Waals surface area contributed by atoms with Gasteiger partial charge in [-0.3, -0.25) is 4.79 Å². The Hall–Kier alpha value is -2.35. The van der Waals surface area contributed by atoms with Gasteiger partial charge in [0, 0.05) is 5.92 Å². The summed E-state index contributed by atoms with van der Waals surface area (Å²) in [4.78, 5) is 11.3. The molecule has 2 aromatic rings. The van der Waals surface area contributed by atoms with Crippen LogP contribution in [0.3, 0.4) is 0 Å². The van der Waals surface area contributed by atoms with Gasteiger partial charge in [-0.15, -0.1) is 0 Å². The Morgan fingerprint density at radius 1 is 1.10 bits per heavy atom. The number of aldehydes is 1. The molecular weight excluding hydrogens is 248 g/mol. The molecule has 0 radical (unpaired) electrons. The molecule has 0 saturated heterocycles. The number of rotatable bonds is 3. The zero-order valence-corrected chi connectivity index (χ0v) is 11.4. The monoisotopic (exact) mass is 264 g/mol. The van der Waals surface area contributed by atoms with Crippen molar-refractivity contribution in [1.29, 1.82) is 0 Å². The molecule has 20 heavy (non-hydrogen) atoms. The van der Waals surface area contributed by atoms with Gasteiger partial charge in [0.05, 0.1) is 0 Å². The van der Waals surface area contributed by atoms with E-state index in [1.165, 1.54) is 5.56 Å². The molecular formula is C18H16O2. The molecule has 100 valence electrons. The summed E-state index contributed by atoms with van der Waals surface area (Å²) >= 11 is 0. The Morgan fingerprint density at radius 3 is 2.55 bits per heavy atom. The molecule has 1 aromatic heterocycles. The second-order valence-electron chi connectivity index (χ2n) is 5.05. The van der Waals surface area contributed by atoms with Crippen LogP contribution in [0.2, 0.25) is 0 Å². The van der Waals surface area contributed by atoms with Crippen LogP contribution in [0.15, 0.2) is 64.6 Å². The lowest BCUT2D eigenvalue weighted by molar-refractivity contribution is -0.105. The Morgan fingerprint density at radius 2 is 1.90 bits per heavy atom. The second-order valence-corrected chi connectivity index (χ2v) is 5.05. The standard InChI is InChI=1S/C18H16O2/c1-13-7-10-18(20-13)15-8-9-16(12-19)17(11-15)14-5-3-2-4-6-14/h2-10,12,17H,11H2,1H3. The molecule has 2 nitrogen and oxygen atoms in total. The molecule has 1 aliphatic carbocycles. The minimum atomic E-state index is 0.110. The van der Waals surface area contributed by atoms with Gasteiger partial charge in [-0.05, 0) is 42.2 Å². The molecule has 2 heteroatoms. The molecule has 0 N–H and O–H groups in total. The van der Waals surface area contributed by atoms with E-state index in [1.807, 2.05) is 49.4 Å². The van der Waals surface area contributed by atoms with E-state index in [4.69, 9.17) is 4.42 Å². The van der Waals surface area contributed by atoms with Crippen LogP contribution >= 0.6 is 0 Å². The normalized spacial score (nSPS) is 18.4. The highest BCUT2D eigenvalue weighted by Gasteiger charge is 2.22. The summed E-state index contributed by atoms with van der Waals surface area (Å²) in [5, 5.41) is 0. The molecule has 0 fully saturated rings. The maximum atomic E-state index is 11.3. The molecule has 1 unspecified atom stereocenters. The Bertz CT molecular complexity index is 674. The van der Waals surface area contributed by atoms with Gasteiger partial charge in [-0.2, -0.15) is 0 Å². The summed E-state index contributed by atoms with van der Waals surface area (Å²) in [6.45, 7) is 1.94. The van der Waals surface area contributed by atoms with Gasteiger partial charge in [0.15, 0.2) is 0 Å². The Labute approximate surface area is 118 Å². The van der Waals surface area contributed by atoms with Crippen molar-refractivity contribution in [2.24, 2.45) is 0 Å². The van der Waals surface area contributed by atoms with E-state index in [2.05, 4.69) is 12.1 Å². The average molecular weight is 264 g/mol. The first-order valence-corrected chi connectivity index (χ1v) is 6.75. The van der Waals surface area contributed by atoms with Gasteiger partial charge in [0.2, 0.25) is 0 Å². The summed E-state index contributed by atoms with van der Waals surface area (Å²) in [5.74, 6) is 1.91. The van der Waals surface area contributed by atoms with Crippen LogP contribution in [0.4, 0.5) is 0 Å². The fourth-order valence-electron chi connectivity index (χ4n) is 2.63. The first-order valence-electron chi connectivity index (χ1n) is 6.75. The molecule has 0 spiro atoms. The highest BCUT2D eigenvalue weighted by molar-refractivity contribution is 5.81.